The maximum atomic E-state index is 4.28. The minimum Gasteiger partial charge on any atom is -0.367 e. The first-order chi connectivity index (χ1) is 8.19. The number of anilines is 1. The van der Waals surface area contributed by atoms with Crippen molar-refractivity contribution in [1.82, 2.24) is 14.9 Å². The molecule has 1 aliphatic heterocycles. The predicted molar refractivity (Wildman–Crippen MR) is 72.5 cm³/mol. The van der Waals surface area contributed by atoms with E-state index in [0.717, 1.165) is 17.4 Å². The Morgan fingerprint density at radius 3 is 3.00 bits per heavy atom. The van der Waals surface area contributed by atoms with Crippen LogP contribution in [0.2, 0.25) is 0 Å². The maximum Gasteiger partial charge on any atom is 0.130 e. The number of nitrogens with one attached hydrogen (secondary N) is 1. The molecule has 1 saturated heterocycles. The number of aromatic nitrogens is 2. The summed E-state index contributed by atoms with van der Waals surface area (Å²) in [5.41, 5.74) is 0. The van der Waals surface area contributed by atoms with Crippen molar-refractivity contribution in [3.63, 3.8) is 0 Å². The largest absolute Gasteiger partial charge is 0.367 e. The van der Waals surface area contributed by atoms with Gasteiger partial charge in [-0.15, -0.1) is 11.8 Å². The zero-order chi connectivity index (χ0) is 12.3. The summed E-state index contributed by atoms with van der Waals surface area (Å²) in [7, 11) is 2.19. The fourth-order valence-corrected chi connectivity index (χ4v) is 2.54. The molecule has 0 aromatic carbocycles. The number of rotatable bonds is 3. The Labute approximate surface area is 107 Å². The van der Waals surface area contributed by atoms with Gasteiger partial charge in [-0.25, -0.2) is 9.97 Å². The lowest BCUT2D eigenvalue weighted by Gasteiger charge is -2.35. The van der Waals surface area contributed by atoms with Gasteiger partial charge in [-0.3, -0.25) is 0 Å². The molecule has 0 saturated carbocycles. The van der Waals surface area contributed by atoms with E-state index < -0.39 is 0 Å². The van der Waals surface area contributed by atoms with E-state index in [9.17, 15) is 0 Å². The monoisotopic (exact) mass is 252 g/mol. The van der Waals surface area contributed by atoms with Crippen molar-refractivity contribution in [2.45, 2.75) is 36.9 Å². The molecule has 17 heavy (non-hydrogen) atoms. The van der Waals surface area contributed by atoms with E-state index in [-0.39, 0.29) is 0 Å². The highest BCUT2D eigenvalue weighted by Crippen LogP contribution is 2.20. The third-order valence-electron chi connectivity index (χ3n) is 3.41. The molecule has 2 unspecified atom stereocenters. The molecule has 94 valence electrons. The lowest BCUT2D eigenvalue weighted by Crippen LogP contribution is -2.42. The summed E-state index contributed by atoms with van der Waals surface area (Å²) in [5.74, 6) is 0.950. The Balaban J connectivity index is 1.96. The standard InChI is InChI=1S/C12H20N4S/c1-9-6-10(4-5-16(9)2)15-11-7-12(17-3)14-8-13-11/h7-10H,4-6H2,1-3H3,(H,13,14,15). The van der Waals surface area contributed by atoms with Crippen LogP contribution in [0.4, 0.5) is 5.82 Å². The van der Waals surface area contributed by atoms with Gasteiger partial charge >= 0.3 is 0 Å². The Bertz CT molecular complexity index is 371. The Kier molecular flexibility index (Phi) is 4.23. The molecule has 0 bridgehead atoms. The highest BCUT2D eigenvalue weighted by Gasteiger charge is 2.22. The molecule has 1 fully saturated rings. The molecule has 5 heteroatoms. The van der Waals surface area contributed by atoms with Crippen LogP contribution in [0.15, 0.2) is 17.4 Å². The molecule has 1 N–H and O–H groups in total. The number of nitrogens with zero attached hydrogens (tertiary/aromatic N) is 3. The van der Waals surface area contributed by atoms with Crippen LogP contribution in [0.3, 0.4) is 0 Å². The summed E-state index contributed by atoms with van der Waals surface area (Å²) in [6.07, 6.45) is 6.02. The van der Waals surface area contributed by atoms with Crippen molar-refractivity contribution in [3.05, 3.63) is 12.4 Å². The average Bonchev–Trinajstić information content (AvgIpc) is 2.34. The molecule has 4 nitrogen and oxygen atoms in total. The number of hydrogen-bond donors (Lipinski definition) is 1. The molecule has 0 aliphatic carbocycles. The predicted octanol–water partition coefficient (Wildman–Crippen LogP) is 2.09. The number of likely N-dealkylation sites (tertiary alicyclic amines) is 1. The van der Waals surface area contributed by atoms with Crippen LogP contribution in [-0.4, -0.2) is 46.8 Å². The summed E-state index contributed by atoms with van der Waals surface area (Å²) in [6, 6.07) is 3.20. The van der Waals surface area contributed by atoms with Gasteiger partial charge < -0.3 is 10.2 Å². The normalized spacial score (nSPS) is 25.8. The second-order valence-corrected chi connectivity index (χ2v) is 5.47. The second-order valence-electron chi connectivity index (χ2n) is 4.64. The van der Waals surface area contributed by atoms with Gasteiger partial charge in [-0.05, 0) is 33.1 Å². The van der Waals surface area contributed by atoms with Crippen LogP contribution in [0.1, 0.15) is 19.8 Å². The van der Waals surface area contributed by atoms with Gasteiger partial charge in [0.05, 0.1) is 0 Å². The molecular formula is C12H20N4S. The first kappa shape index (κ1) is 12.6. The minimum absolute atomic E-state index is 0.533. The summed E-state index contributed by atoms with van der Waals surface area (Å²) in [4.78, 5) is 10.9. The quantitative estimate of drug-likeness (QED) is 0.659. The molecule has 2 rings (SSSR count). The lowest BCUT2D eigenvalue weighted by atomic mass is 9.99. The van der Waals surface area contributed by atoms with E-state index in [0.29, 0.717) is 12.1 Å². The molecule has 1 aromatic rings. The van der Waals surface area contributed by atoms with Crippen molar-refractivity contribution in [3.8, 4) is 0 Å². The fourth-order valence-electron chi connectivity index (χ4n) is 2.16. The molecule has 2 atom stereocenters. The van der Waals surface area contributed by atoms with Crippen molar-refractivity contribution in [2.24, 2.45) is 0 Å². The van der Waals surface area contributed by atoms with E-state index in [1.165, 1.54) is 12.8 Å². The second kappa shape index (κ2) is 5.69. The van der Waals surface area contributed by atoms with Crippen LogP contribution in [0.25, 0.3) is 0 Å². The van der Waals surface area contributed by atoms with Gasteiger partial charge in [-0.1, -0.05) is 0 Å². The van der Waals surface area contributed by atoms with E-state index in [1.807, 2.05) is 12.3 Å². The van der Waals surface area contributed by atoms with Crippen LogP contribution < -0.4 is 5.32 Å². The van der Waals surface area contributed by atoms with Crippen molar-refractivity contribution >= 4 is 17.6 Å². The molecular weight excluding hydrogens is 232 g/mol. The fraction of sp³-hybridized carbons (Fsp3) is 0.667. The Hall–Kier alpha value is -0.810. The molecule has 2 heterocycles. The summed E-state index contributed by atoms with van der Waals surface area (Å²) >= 11 is 1.65. The van der Waals surface area contributed by atoms with Crippen molar-refractivity contribution in [1.29, 1.82) is 0 Å². The topological polar surface area (TPSA) is 41.0 Å². The van der Waals surface area contributed by atoms with Crippen LogP contribution >= 0.6 is 11.8 Å². The van der Waals surface area contributed by atoms with E-state index >= 15 is 0 Å². The third kappa shape index (κ3) is 3.33. The van der Waals surface area contributed by atoms with Gasteiger partial charge in [0, 0.05) is 24.7 Å². The summed E-state index contributed by atoms with van der Waals surface area (Å²) in [5, 5.41) is 4.53. The highest BCUT2D eigenvalue weighted by molar-refractivity contribution is 7.98. The van der Waals surface area contributed by atoms with Crippen LogP contribution in [-0.2, 0) is 0 Å². The first-order valence-corrected chi connectivity index (χ1v) is 7.24. The summed E-state index contributed by atoms with van der Waals surface area (Å²) in [6.45, 7) is 3.43. The highest BCUT2D eigenvalue weighted by atomic mass is 32.2. The number of thioether (sulfide) groups is 1. The zero-order valence-corrected chi connectivity index (χ0v) is 11.5. The molecule has 0 radical (unpaired) electrons. The van der Waals surface area contributed by atoms with Gasteiger partial charge in [-0.2, -0.15) is 0 Å². The van der Waals surface area contributed by atoms with E-state index in [2.05, 4.69) is 34.2 Å². The van der Waals surface area contributed by atoms with Gasteiger partial charge in [0.15, 0.2) is 0 Å². The molecule has 0 spiro atoms. The minimum atomic E-state index is 0.533. The molecule has 0 amide bonds. The van der Waals surface area contributed by atoms with E-state index in [4.69, 9.17) is 0 Å². The van der Waals surface area contributed by atoms with Crippen LogP contribution in [0.5, 0.6) is 0 Å². The van der Waals surface area contributed by atoms with E-state index in [1.54, 1.807) is 18.1 Å². The third-order valence-corrected chi connectivity index (χ3v) is 4.05. The van der Waals surface area contributed by atoms with Crippen molar-refractivity contribution < 1.29 is 0 Å². The Morgan fingerprint density at radius 1 is 1.47 bits per heavy atom. The van der Waals surface area contributed by atoms with Gasteiger partial charge in [0.1, 0.15) is 17.2 Å². The Morgan fingerprint density at radius 2 is 2.29 bits per heavy atom. The summed E-state index contributed by atoms with van der Waals surface area (Å²) < 4.78 is 0. The molecule has 1 aliphatic rings. The molecule has 1 aromatic heterocycles. The average molecular weight is 252 g/mol. The number of hydrogen-bond acceptors (Lipinski definition) is 5. The van der Waals surface area contributed by atoms with Gasteiger partial charge in [0.2, 0.25) is 0 Å². The first-order valence-electron chi connectivity index (χ1n) is 6.02. The zero-order valence-electron chi connectivity index (χ0n) is 10.7. The maximum absolute atomic E-state index is 4.28. The van der Waals surface area contributed by atoms with Crippen LogP contribution in [0, 0.1) is 0 Å². The number of piperidine rings is 1. The SMILES string of the molecule is CSc1cc(NC2CCN(C)C(C)C2)ncn1. The lowest BCUT2D eigenvalue weighted by molar-refractivity contribution is 0.190. The smallest absolute Gasteiger partial charge is 0.130 e. The van der Waals surface area contributed by atoms with Crippen molar-refractivity contribution in [2.75, 3.05) is 25.2 Å². The van der Waals surface area contributed by atoms with Gasteiger partial charge in [0.25, 0.3) is 0 Å².